The standard InChI is InChI=1S/C15H24N2/c1-15(13-16,17-11-5-6-12-17)10-9-14-7-3-2-4-8-14/h2-4,7-8H,5-6,9-13,16H2,1H3. The first-order chi connectivity index (χ1) is 8.24. The zero-order chi connectivity index (χ0) is 12.1. The molecule has 17 heavy (non-hydrogen) atoms. The molecule has 1 fully saturated rings. The summed E-state index contributed by atoms with van der Waals surface area (Å²) in [7, 11) is 0. The van der Waals surface area contributed by atoms with Crippen LogP contribution in [0.4, 0.5) is 0 Å². The van der Waals surface area contributed by atoms with Crippen molar-refractivity contribution in [3.63, 3.8) is 0 Å². The summed E-state index contributed by atoms with van der Waals surface area (Å²) in [5, 5.41) is 0. The van der Waals surface area contributed by atoms with Crippen molar-refractivity contribution in [3.05, 3.63) is 35.9 Å². The van der Waals surface area contributed by atoms with Crippen molar-refractivity contribution in [3.8, 4) is 0 Å². The van der Waals surface area contributed by atoms with E-state index in [-0.39, 0.29) is 5.54 Å². The van der Waals surface area contributed by atoms with E-state index in [2.05, 4.69) is 42.2 Å². The molecule has 0 amide bonds. The Bertz CT molecular complexity index is 330. The Balaban J connectivity index is 1.95. The topological polar surface area (TPSA) is 29.3 Å². The van der Waals surface area contributed by atoms with Crippen LogP contribution >= 0.6 is 0 Å². The number of nitrogens with zero attached hydrogens (tertiary/aromatic N) is 1. The zero-order valence-corrected chi connectivity index (χ0v) is 10.9. The van der Waals surface area contributed by atoms with E-state index < -0.39 is 0 Å². The Kier molecular flexibility index (Phi) is 4.19. The van der Waals surface area contributed by atoms with Gasteiger partial charge in [-0.1, -0.05) is 30.3 Å². The molecule has 1 aromatic carbocycles. The molecule has 0 radical (unpaired) electrons. The Hall–Kier alpha value is -0.860. The minimum absolute atomic E-state index is 0.187. The lowest BCUT2D eigenvalue weighted by atomic mass is 9.91. The highest BCUT2D eigenvalue weighted by Crippen LogP contribution is 2.25. The van der Waals surface area contributed by atoms with Gasteiger partial charge in [0.1, 0.15) is 0 Å². The lowest BCUT2D eigenvalue weighted by molar-refractivity contribution is 0.133. The van der Waals surface area contributed by atoms with E-state index in [0.717, 1.165) is 19.4 Å². The number of benzene rings is 1. The third-order valence-electron chi connectivity index (χ3n) is 4.10. The molecule has 1 aromatic rings. The highest BCUT2D eigenvalue weighted by molar-refractivity contribution is 5.15. The number of aryl methyl sites for hydroxylation is 1. The van der Waals surface area contributed by atoms with Crippen LogP contribution in [0.2, 0.25) is 0 Å². The van der Waals surface area contributed by atoms with E-state index in [1.165, 1.54) is 31.5 Å². The molecule has 1 aliphatic heterocycles. The summed E-state index contributed by atoms with van der Waals surface area (Å²) in [6.45, 7) is 5.53. The summed E-state index contributed by atoms with van der Waals surface area (Å²) < 4.78 is 0. The predicted octanol–water partition coefficient (Wildman–Crippen LogP) is 2.43. The predicted molar refractivity (Wildman–Crippen MR) is 73.0 cm³/mol. The van der Waals surface area contributed by atoms with Crippen LogP contribution in [-0.4, -0.2) is 30.1 Å². The van der Waals surface area contributed by atoms with Crippen molar-refractivity contribution >= 4 is 0 Å². The number of hydrogen-bond acceptors (Lipinski definition) is 2. The first-order valence-electron chi connectivity index (χ1n) is 6.74. The molecule has 1 heterocycles. The fraction of sp³-hybridized carbons (Fsp3) is 0.600. The average molecular weight is 232 g/mol. The average Bonchev–Trinajstić information content (AvgIpc) is 2.92. The summed E-state index contributed by atoms with van der Waals surface area (Å²) >= 11 is 0. The van der Waals surface area contributed by atoms with Gasteiger partial charge < -0.3 is 5.73 Å². The highest BCUT2D eigenvalue weighted by atomic mass is 15.2. The molecule has 1 saturated heterocycles. The third-order valence-corrected chi connectivity index (χ3v) is 4.10. The number of rotatable bonds is 5. The SMILES string of the molecule is CC(CN)(CCc1ccccc1)N1CCCC1. The second kappa shape index (κ2) is 5.65. The quantitative estimate of drug-likeness (QED) is 0.845. The van der Waals surface area contributed by atoms with Crippen molar-refractivity contribution in [1.29, 1.82) is 0 Å². The van der Waals surface area contributed by atoms with Crippen molar-refractivity contribution in [2.75, 3.05) is 19.6 Å². The lowest BCUT2D eigenvalue weighted by Gasteiger charge is -2.38. The van der Waals surface area contributed by atoms with Crippen molar-refractivity contribution < 1.29 is 0 Å². The Labute approximate surface area is 105 Å². The van der Waals surface area contributed by atoms with E-state index >= 15 is 0 Å². The Morgan fingerprint density at radius 1 is 1.18 bits per heavy atom. The zero-order valence-electron chi connectivity index (χ0n) is 10.9. The van der Waals surface area contributed by atoms with Crippen LogP contribution in [0.15, 0.2) is 30.3 Å². The molecule has 94 valence electrons. The number of hydrogen-bond donors (Lipinski definition) is 1. The summed E-state index contributed by atoms with van der Waals surface area (Å²) in [5.74, 6) is 0. The van der Waals surface area contributed by atoms with Crippen LogP contribution in [0.25, 0.3) is 0 Å². The van der Waals surface area contributed by atoms with Crippen LogP contribution in [0.1, 0.15) is 31.7 Å². The van der Waals surface area contributed by atoms with Crippen LogP contribution in [-0.2, 0) is 6.42 Å². The molecule has 2 heteroatoms. The molecule has 0 aliphatic carbocycles. The molecule has 2 N–H and O–H groups in total. The molecule has 0 bridgehead atoms. The number of likely N-dealkylation sites (tertiary alicyclic amines) is 1. The van der Waals surface area contributed by atoms with Gasteiger partial charge in [0.15, 0.2) is 0 Å². The van der Waals surface area contributed by atoms with E-state index in [9.17, 15) is 0 Å². The van der Waals surface area contributed by atoms with E-state index in [1.54, 1.807) is 0 Å². The van der Waals surface area contributed by atoms with Crippen LogP contribution < -0.4 is 5.73 Å². The maximum atomic E-state index is 6.01. The van der Waals surface area contributed by atoms with Gasteiger partial charge in [-0.2, -0.15) is 0 Å². The van der Waals surface area contributed by atoms with E-state index in [1.807, 2.05) is 0 Å². The smallest absolute Gasteiger partial charge is 0.0306 e. The molecule has 1 aliphatic rings. The van der Waals surface area contributed by atoms with Gasteiger partial charge in [0.2, 0.25) is 0 Å². The molecular weight excluding hydrogens is 208 g/mol. The summed E-state index contributed by atoms with van der Waals surface area (Å²) in [5.41, 5.74) is 7.62. The maximum absolute atomic E-state index is 6.01. The third kappa shape index (κ3) is 3.08. The Morgan fingerprint density at radius 3 is 2.41 bits per heavy atom. The van der Waals surface area contributed by atoms with Gasteiger partial charge in [0, 0.05) is 12.1 Å². The van der Waals surface area contributed by atoms with E-state index in [0.29, 0.717) is 0 Å². The second-order valence-electron chi connectivity index (χ2n) is 5.38. The van der Waals surface area contributed by atoms with Gasteiger partial charge in [-0.15, -0.1) is 0 Å². The lowest BCUT2D eigenvalue weighted by Crippen LogP contribution is -2.50. The molecule has 2 rings (SSSR count). The van der Waals surface area contributed by atoms with Crippen molar-refractivity contribution in [2.24, 2.45) is 5.73 Å². The first kappa shape index (κ1) is 12.6. The maximum Gasteiger partial charge on any atom is 0.0306 e. The summed E-state index contributed by atoms with van der Waals surface area (Å²) in [4.78, 5) is 2.58. The molecular formula is C15H24N2. The van der Waals surface area contributed by atoms with Crippen LogP contribution in [0.3, 0.4) is 0 Å². The largest absolute Gasteiger partial charge is 0.329 e. The molecule has 0 saturated carbocycles. The Morgan fingerprint density at radius 2 is 1.82 bits per heavy atom. The van der Waals surface area contributed by atoms with E-state index in [4.69, 9.17) is 5.73 Å². The molecule has 0 spiro atoms. The summed E-state index contributed by atoms with van der Waals surface area (Å²) in [6, 6.07) is 10.7. The molecule has 0 aromatic heterocycles. The molecule has 1 atom stereocenters. The van der Waals surface area contributed by atoms with Crippen LogP contribution in [0, 0.1) is 0 Å². The summed E-state index contributed by atoms with van der Waals surface area (Å²) in [6.07, 6.45) is 4.96. The molecule has 2 nitrogen and oxygen atoms in total. The minimum Gasteiger partial charge on any atom is -0.329 e. The van der Waals surface area contributed by atoms with Crippen LogP contribution in [0.5, 0.6) is 0 Å². The number of nitrogens with two attached hydrogens (primary N) is 1. The van der Waals surface area contributed by atoms with Crippen molar-refractivity contribution in [1.82, 2.24) is 4.90 Å². The first-order valence-corrected chi connectivity index (χ1v) is 6.74. The normalized spacial score (nSPS) is 20.4. The second-order valence-corrected chi connectivity index (χ2v) is 5.38. The molecule has 1 unspecified atom stereocenters. The minimum atomic E-state index is 0.187. The van der Waals surface area contributed by atoms with Gasteiger partial charge in [-0.3, -0.25) is 4.90 Å². The van der Waals surface area contributed by atoms with Gasteiger partial charge in [0.05, 0.1) is 0 Å². The van der Waals surface area contributed by atoms with Gasteiger partial charge in [-0.25, -0.2) is 0 Å². The highest BCUT2D eigenvalue weighted by Gasteiger charge is 2.31. The van der Waals surface area contributed by atoms with Gasteiger partial charge in [-0.05, 0) is 51.3 Å². The fourth-order valence-corrected chi connectivity index (χ4v) is 2.70. The fourth-order valence-electron chi connectivity index (χ4n) is 2.70. The van der Waals surface area contributed by atoms with Gasteiger partial charge in [0.25, 0.3) is 0 Å². The monoisotopic (exact) mass is 232 g/mol. The van der Waals surface area contributed by atoms with Crippen molar-refractivity contribution in [2.45, 2.75) is 38.1 Å². The van der Waals surface area contributed by atoms with Gasteiger partial charge >= 0.3 is 0 Å².